The second-order valence-corrected chi connectivity index (χ2v) is 19.7. The van der Waals surface area contributed by atoms with Crippen LogP contribution in [0.1, 0.15) is 0 Å². The average molecular weight is 806 g/mol. The van der Waals surface area contributed by atoms with Crippen LogP contribution in [-0.2, 0) is 0 Å². The van der Waals surface area contributed by atoms with E-state index in [4.69, 9.17) is 15.0 Å². The van der Waals surface area contributed by atoms with Crippen LogP contribution in [0.25, 0.3) is 56.4 Å². The topological polar surface area (TPSA) is 38.7 Å². The van der Waals surface area contributed by atoms with Gasteiger partial charge in [0, 0.05) is 16.7 Å². The first kappa shape index (κ1) is 37.3. The maximum atomic E-state index is 4.99. The summed E-state index contributed by atoms with van der Waals surface area (Å²) in [5.41, 5.74) is 11.9. The fourth-order valence-electron chi connectivity index (χ4n) is 9.52. The lowest BCUT2D eigenvalue weighted by molar-refractivity contribution is 1.07. The quantitative estimate of drug-likeness (QED) is 0.109. The number of rotatable bonds is 9. The van der Waals surface area contributed by atoms with Crippen molar-refractivity contribution in [1.29, 1.82) is 0 Å². The molecule has 11 rings (SSSR count). The molecule has 0 amide bonds. The van der Waals surface area contributed by atoms with Crippen molar-refractivity contribution in [3.05, 3.63) is 243 Å². The number of hydrogen-bond acceptors (Lipinski definition) is 3. The Balaban J connectivity index is 1.04. The highest BCUT2D eigenvalue weighted by atomic mass is 28.3. The van der Waals surface area contributed by atoms with Crippen molar-refractivity contribution >= 4 is 51.9 Å². The van der Waals surface area contributed by atoms with Gasteiger partial charge < -0.3 is 0 Å². The molecule has 9 aromatic carbocycles. The molecular weight excluding hydrogens is 766 g/mol. The monoisotopic (exact) mass is 805 g/mol. The van der Waals surface area contributed by atoms with Crippen LogP contribution >= 0.6 is 0 Å². The van der Waals surface area contributed by atoms with Gasteiger partial charge >= 0.3 is 0 Å². The molecule has 0 spiro atoms. The molecule has 1 aliphatic rings. The Kier molecular flexibility index (Phi) is 9.64. The van der Waals surface area contributed by atoms with Gasteiger partial charge in [-0.2, -0.15) is 0 Å². The average Bonchev–Trinajstić information content (AvgIpc) is 3.70. The van der Waals surface area contributed by atoms with E-state index in [1.54, 1.807) is 0 Å². The maximum absolute atomic E-state index is 4.99. The van der Waals surface area contributed by atoms with Crippen molar-refractivity contribution in [2.24, 2.45) is 0 Å². The first-order valence-electron chi connectivity index (χ1n) is 21.2. The second kappa shape index (κ2) is 16.0. The molecule has 290 valence electrons. The first-order valence-corrected chi connectivity index (χ1v) is 23.2. The standard InChI is InChI=1S/C57H40BN3Si/c1-5-19-42(20-6-1)55-59-56(43-21-7-2-8-22-43)61-57(60-55)44-37-35-41(36-38-44)45-23-17-29-49(39-45)62(47-25-9-3-10-26-47,48-27-11-4-12-28-48)50-30-18-24-46(40-50)58-53-33-15-13-31-51(53)52-32-14-16-34-54(52)58/h1-40H. The van der Waals surface area contributed by atoms with Crippen LogP contribution in [0.5, 0.6) is 0 Å². The lowest BCUT2D eigenvalue weighted by Gasteiger charge is -2.35. The van der Waals surface area contributed by atoms with E-state index in [2.05, 4.69) is 182 Å². The summed E-state index contributed by atoms with van der Waals surface area (Å²) in [4.78, 5) is 14.9. The molecule has 0 saturated heterocycles. The van der Waals surface area contributed by atoms with Crippen LogP contribution in [-0.4, -0.2) is 29.7 Å². The number of benzene rings is 9. The van der Waals surface area contributed by atoms with Crippen molar-refractivity contribution in [3.63, 3.8) is 0 Å². The highest BCUT2D eigenvalue weighted by molar-refractivity contribution is 7.20. The first-order chi connectivity index (χ1) is 30.7. The van der Waals surface area contributed by atoms with E-state index >= 15 is 0 Å². The summed E-state index contributed by atoms with van der Waals surface area (Å²) in [6, 6.07) is 88.0. The smallest absolute Gasteiger partial charge is 0.208 e. The molecule has 2 heterocycles. The number of fused-ring (bicyclic) bond motifs is 3. The van der Waals surface area contributed by atoms with Gasteiger partial charge in [-0.3, -0.25) is 0 Å². The van der Waals surface area contributed by atoms with E-state index in [-0.39, 0.29) is 6.71 Å². The van der Waals surface area contributed by atoms with Gasteiger partial charge in [0.1, 0.15) is 0 Å². The Bertz CT molecular complexity index is 3030. The van der Waals surface area contributed by atoms with Crippen LogP contribution in [0.4, 0.5) is 0 Å². The van der Waals surface area contributed by atoms with Gasteiger partial charge in [0.05, 0.1) is 0 Å². The van der Waals surface area contributed by atoms with Gasteiger partial charge in [-0.15, -0.1) is 0 Å². The largest absolute Gasteiger partial charge is 0.242 e. The fraction of sp³-hybridized carbons (Fsp3) is 0. The Morgan fingerprint density at radius 1 is 0.274 bits per heavy atom. The zero-order valence-corrected chi connectivity index (χ0v) is 35.0. The highest BCUT2D eigenvalue weighted by Crippen LogP contribution is 2.28. The van der Waals surface area contributed by atoms with Gasteiger partial charge in [0.2, 0.25) is 6.71 Å². The minimum absolute atomic E-state index is 0.155. The van der Waals surface area contributed by atoms with Gasteiger partial charge in [-0.1, -0.05) is 259 Å². The summed E-state index contributed by atoms with van der Waals surface area (Å²) in [5.74, 6) is 1.95. The molecule has 0 bridgehead atoms. The lowest BCUT2D eigenvalue weighted by atomic mass is 9.39. The van der Waals surface area contributed by atoms with Crippen LogP contribution in [0, 0.1) is 0 Å². The third kappa shape index (κ3) is 6.60. The molecule has 0 radical (unpaired) electrons. The maximum Gasteiger partial charge on any atom is 0.242 e. The molecule has 1 aromatic heterocycles. The summed E-state index contributed by atoms with van der Waals surface area (Å²) >= 11 is 0. The number of hydrogen-bond donors (Lipinski definition) is 0. The summed E-state index contributed by atoms with van der Waals surface area (Å²) in [6.45, 7) is 0.155. The third-order valence-electron chi connectivity index (χ3n) is 12.4. The number of nitrogens with zero attached hydrogens (tertiary/aromatic N) is 3. The molecule has 1 aliphatic heterocycles. The summed E-state index contributed by atoms with van der Waals surface area (Å²) in [5, 5.41) is 5.39. The second-order valence-electron chi connectivity index (χ2n) is 15.9. The molecule has 0 N–H and O–H groups in total. The van der Waals surface area contributed by atoms with Crippen LogP contribution in [0.3, 0.4) is 0 Å². The predicted octanol–water partition coefficient (Wildman–Crippen LogP) is 8.41. The molecule has 0 atom stereocenters. The van der Waals surface area contributed by atoms with Crippen molar-refractivity contribution in [2.75, 3.05) is 0 Å². The van der Waals surface area contributed by atoms with E-state index < -0.39 is 8.07 Å². The van der Waals surface area contributed by atoms with Crippen LogP contribution < -0.4 is 37.1 Å². The Labute approximate surface area is 364 Å². The molecule has 5 heteroatoms. The predicted molar refractivity (Wildman–Crippen MR) is 262 cm³/mol. The van der Waals surface area contributed by atoms with Crippen molar-refractivity contribution in [3.8, 4) is 56.4 Å². The van der Waals surface area contributed by atoms with E-state index in [1.807, 2.05) is 60.7 Å². The number of aromatic nitrogens is 3. The third-order valence-corrected chi connectivity index (χ3v) is 17.1. The zero-order chi connectivity index (χ0) is 41.3. The molecule has 0 saturated carbocycles. The molecular formula is C57H40BN3Si. The molecule has 0 unspecified atom stereocenters. The fourth-order valence-corrected chi connectivity index (χ4v) is 14.4. The van der Waals surface area contributed by atoms with E-state index in [1.165, 1.54) is 48.3 Å². The summed E-state index contributed by atoms with van der Waals surface area (Å²) in [6.07, 6.45) is 0. The Hall–Kier alpha value is -7.73. The van der Waals surface area contributed by atoms with Gasteiger partial charge in [-0.25, -0.2) is 15.0 Å². The van der Waals surface area contributed by atoms with Crippen molar-refractivity contribution < 1.29 is 0 Å². The van der Waals surface area contributed by atoms with Crippen LogP contribution in [0.15, 0.2) is 243 Å². The van der Waals surface area contributed by atoms with Gasteiger partial charge in [0.15, 0.2) is 25.5 Å². The van der Waals surface area contributed by atoms with E-state index in [0.717, 1.165) is 27.8 Å². The van der Waals surface area contributed by atoms with Crippen molar-refractivity contribution in [1.82, 2.24) is 15.0 Å². The van der Waals surface area contributed by atoms with Gasteiger partial charge in [-0.05, 0) is 43.0 Å². The molecule has 62 heavy (non-hydrogen) atoms. The molecule has 0 fully saturated rings. The normalized spacial score (nSPS) is 11.8. The molecule has 3 nitrogen and oxygen atoms in total. The SMILES string of the molecule is c1ccc(-c2nc(-c3ccccc3)nc(-c3ccc(-c4cccc([Si](c5ccccc5)(c5ccccc5)c5cccc(B6c7ccccc7-c7ccccc76)c5)c4)cc3)n2)cc1. The minimum Gasteiger partial charge on any atom is -0.208 e. The molecule has 10 aromatic rings. The lowest BCUT2D eigenvalue weighted by Crippen LogP contribution is -2.75. The summed E-state index contributed by atoms with van der Waals surface area (Å²) < 4.78 is 0. The van der Waals surface area contributed by atoms with Crippen molar-refractivity contribution in [2.45, 2.75) is 0 Å². The van der Waals surface area contributed by atoms with E-state index in [9.17, 15) is 0 Å². The van der Waals surface area contributed by atoms with E-state index in [0.29, 0.717) is 17.5 Å². The zero-order valence-electron chi connectivity index (χ0n) is 34.0. The summed E-state index contributed by atoms with van der Waals surface area (Å²) in [7, 11) is -2.90. The van der Waals surface area contributed by atoms with Gasteiger partial charge in [0.25, 0.3) is 0 Å². The minimum atomic E-state index is -2.90. The Morgan fingerprint density at radius 3 is 1.16 bits per heavy atom. The highest BCUT2D eigenvalue weighted by Gasteiger charge is 2.42. The van der Waals surface area contributed by atoms with Crippen LogP contribution in [0.2, 0.25) is 0 Å². The molecule has 0 aliphatic carbocycles. The Morgan fingerprint density at radius 2 is 0.645 bits per heavy atom.